The second-order valence-corrected chi connectivity index (χ2v) is 5.02. The number of nitrogens with one attached hydrogen (secondary N) is 1. The number of aryl methyl sites for hydroxylation is 1. The number of benzene rings is 2. The molecule has 0 fully saturated rings. The van der Waals surface area contributed by atoms with Crippen molar-refractivity contribution in [2.45, 2.75) is 13.0 Å². The lowest BCUT2D eigenvalue weighted by Crippen LogP contribution is -2.29. The first-order valence-electron chi connectivity index (χ1n) is 7.16. The summed E-state index contributed by atoms with van der Waals surface area (Å²) in [6.07, 6.45) is -0.171. The maximum Gasteiger partial charge on any atom is 0.251 e. The van der Waals surface area contributed by atoms with Crippen molar-refractivity contribution in [1.29, 1.82) is 0 Å². The maximum atomic E-state index is 12.2. The summed E-state index contributed by atoms with van der Waals surface area (Å²) in [5.74, 6) is 0.518. The molecule has 2 aromatic rings. The summed E-state index contributed by atoms with van der Waals surface area (Å²) in [5.41, 5.74) is 2.79. The van der Waals surface area contributed by atoms with Crippen LogP contribution < -0.4 is 10.1 Å². The smallest absolute Gasteiger partial charge is 0.251 e. The van der Waals surface area contributed by atoms with Gasteiger partial charge in [0.15, 0.2) is 0 Å². The summed E-state index contributed by atoms with van der Waals surface area (Å²) in [5, 5.41) is 2.91. The van der Waals surface area contributed by atoms with E-state index >= 15 is 0 Å². The first-order chi connectivity index (χ1) is 10.7. The van der Waals surface area contributed by atoms with Gasteiger partial charge in [-0.2, -0.15) is 0 Å². The molecule has 0 spiro atoms. The van der Waals surface area contributed by atoms with Crippen LogP contribution in [0.3, 0.4) is 0 Å². The third kappa shape index (κ3) is 3.86. The third-order valence-electron chi connectivity index (χ3n) is 3.60. The minimum absolute atomic E-state index is 0.144. The standard InChI is InChI=1S/C18H21NO3/c1-13-7-4-5-10-16(13)17(22-3)12-19-18(20)14-8-6-9-15(11-14)21-2/h4-11,17H,12H2,1-3H3,(H,19,20)/t17-/m0/s1. The molecule has 0 aliphatic heterocycles. The molecular weight excluding hydrogens is 278 g/mol. The number of methoxy groups -OCH3 is 2. The van der Waals surface area contributed by atoms with E-state index in [0.717, 1.165) is 11.1 Å². The van der Waals surface area contributed by atoms with Gasteiger partial charge in [0, 0.05) is 19.2 Å². The Morgan fingerprint density at radius 1 is 1.14 bits per heavy atom. The van der Waals surface area contributed by atoms with Gasteiger partial charge in [-0.1, -0.05) is 30.3 Å². The molecule has 4 nitrogen and oxygen atoms in total. The summed E-state index contributed by atoms with van der Waals surface area (Å²) in [6, 6.07) is 15.1. The number of ether oxygens (including phenoxy) is 2. The number of rotatable bonds is 6. The first kappa shape index (κ1) is 16.0. The van der Waals surface area contributed by atoms with Crippen molar-refractivity contribution in [3.05, 3.63) is 65.2 Å². The second-order valence-electron chi connectivity index (χ2n) is 5.02. The van der Waals surface area contributed by atoms with E-state index in [1.165, 1.54) is 0 Å². The Balaban J connectivity index is 2.04. The van der Waals surface area contributed by atoms with Gasteiger partial charge in [0.05, 0.1) is 13.2 Å². The molecule has 0 aliphatic rings. The fourth-order valence-corrected chi connectivity index (χ4v) is 2.32. The molecular formula is C18H21NO3. The molecule has 0 bridgehead atoms. The molecule has 1 atom stereocenters. The van der Waals surface area contributed by atoms with Gasteiger partial charge in [-0.25, -0.2) is 0 Å². The van der Waals surface area contributed by atoms with Gasteiger partial charge in [0.2, 0.25) is 0 Å². The first-order valence-corrected chi connectivity index (χ1v) is 7.16. The van der Waals surface area contributed by atoms with E-state index in [1.807, 2.05) is 37.3 Å². The van der Waals surface area contributed by atoms with Crippen molar-refractivity contribution in [1.82, 2.24) is 5.32 Å². The highest BCUT2D eigenvalue weighted by Gasteiger charge is 2.15. The van der Waals surface area contributed by atoms with E-state index < -0.39 is 0 Å². The number of hydrogen-bond donors (Lipinski definition) is 1. The molecule has 22 heavy (non-hydrogen) atoms. The SMILES string of the molecule is COc1cccc(C(=O)NC[C@H](OC)c2ccccc2C)c1. The maximum absolute atomic E-state index is 12.2. The number of carbonyl (C=O) groups is 1. The molecule has 2 rings (SSSR count). The van der Waals surface area contributed by atoms with Gasteiger partial charge in [-0.3, -0.25) is 4.79 Å². The van der Waals surface area contributed by atoms with E-state index in [1.54, 1.807) is 32.4 Å². The third-order valence-corrected chi connectivity index (χ3v) is 3.60. The fraction of sp³-hybridized carbons (Fsp3) is 0.278. The van der Waals surface area contributed by atoms with Gasteiger partial charge in [0.1, 0.15) is 5.75 Å². The lowest BCUT2D eigenvalue weighted by molar-refractivity contribution is 0.0825. The van der Waals surface area contributed by atoms with Crippen LogP contribution in [0.25, 0.3) is 0 Å². The second kappa shape index (κ2) is 7.61. The Bertz CT molecular complexity index is 640. The molecule has 1 amide bonds. The van der Waals surface area contributed by atoms with Gasteiger partial charge in [0.25, 0.3) is 5.91 Å². The largest absolute Gasteiger partial charge is 0.497 e. The molecule has 1 N–H and O–H groups in total. The Labute approximate surface area is 131 Å². The monoisotopic (exact) mass is 299 g/mol. The molecule has 2 aromatic carbocycles. The summed E-state index contributed by atoms with van der Waals surface area (Å²) >= 11 is 0. The van der Waals surface area contributed by atoms with E-state index in [-0.39, 0.29) is 12.0 Å². The summed E-state index contributed by atoms with van der Waals surface area (Å²) in [7, 11) is 3.23. The Hall–Kier alpha value is -2.33. The molecule has 116 valence electrons. The van der Waals surface area contributed by atoms with Crippen LogP contribution in [0.4, 0.5) is 0 Å². The summed E-state index contributed by atoms with van der Waals surface area (Å²) < 4.78 is 10.6. The predicted molar refractivity (Wildman–Crippen MR) is 86.3 cm³/mol. The average molecular weight is 299 g/mol. The average Bonchev–Trinajstić information content (AvgIpc) is 2.56. The normalized spacial score (nSPS) is 11.8. The molecule has 0 aliphatic carbocycles. The fourth-order valence-electron chi connectivity index (χ4n) is 2.32. The molecule has 0 saturated heterocycles. The molecule has 0 aromatic heterocycles. The summed E-state index contributed by atoms with van der Waals surface area (Å²) in [4.78, 5) is 12.2. The Morgan fingerprint density at radius 3 is 2.59 bits per heavy atom. The van der Waals surface area contributed by atoms with E-state index in [2.05, 4.69) is 5.32 Å². The van der Waals surface area contributed by atoms with Crippen molar-refractivity contribution in [3.8, 4) is 5.75 Å². The highest BCUT2D eigenvalue weighted by Crippen LogP contribution is 2.20. The van der Waals surface area contributed by atoms with Gasteiger partial charge >= 0.3 is 0 Å². The van der Waals surface area contributed by atoms with Crippen LogP contribution in [-0.4, -0.2) is 26.7 Å². The number of hydrogen-bond acceptors (Lipinski definition) is 3. The van der Waals surface area contributed by atoms with E-state index in [4.69, 9.17) is 9.47 Å². The number of amides is 1. The van der Waals surface area contributed by atoms with Crippen LogP contribution in [0, 0.1) is 6.92 Å². The Kier molecular flexibility index (Phi) is 5.55. The van der Waals surface area contributed by atoms with Crippen molar-refractivity contribution >= 4 is 5.91 Å². The molecule has 0 saturated carbocycles. The molecule has 4 heteroatoms. The summed E-state index contributed by atoms with van der Waals surface area (Å²) in [6.45, 7) is 2.45. The zero-order valence-electron chi connectivity index (χ0n) is 13.1. The Morgan fingerprint density at radius 2 is 1.91 bits per heavy atom. The molecule has 0 radical (unpaired) electrons. The minimum Gasteiger partial charge on any atom is -0.497 e. The van der Waals surface area contributed by atoms with Gasteiger partial charge in [-0.15, -0.1) is 0 Å². The van der Waals surface area contributed by atoms with Gasteiger partial charge < -0.3 is 14.8 Å². The van der Waals surface area contributed by atoms with Crippen LogP contribution in [0.2, 0.25) is 0 Å². The zero-order chi connectivity index (χ0) is 15.9. The number of carbonyl (C=O) groups excluding carboxylic acids is 1. The van der Waals surface area contributed by atoms with E-state index in [0.29, 0.717) is 17.9 Å². The quantitative estimate of drug-likeness (QED) is 0.891. The minimum atomic E-state index is -0.171. The molecule has 0 heterocycles. The van der Waals surface area contributed by atoms with Crippen LogP contribution in [0.15, 0.2) is 48.5 Å². The van der Waals surface area contributed by atoms with Crippen LogP contribution in [0.1, 0.15) is 27.6 Å². The van der Waals surface area contributed by atoms with Crippen molar-refractivity contribution in [2.75, 3.05) is 20.8 Å². The van der Waals surface area contributed by atoms with Crippen molar-refractivity contribution < 1.29 is 14.3 Å². The van der Waals surface area contributed by atoms with Crippen molar-refractivity contribution in [2.24, 2.45) is 0 Å². The van der Waals surface area contributed by atoms with Crippen LogP contribution in [-0.2, 0) is 4.74 Å². The topological polar surface area (TPSA) is 47.6 Å². The van der Waals surface area contributed by atoms with Crippen molar-refractivity contribution in [3.63, 3.8) is 0 Å². The predicted octanol–water partition coefficient (Wildman–Crippen LogP) is 3.12. The van der Waals surface area contributed by atoms with Gasteiger partial charge in [-0.05, 0) is 36.2 Å². The van der Waals surface area contributed by atoms with E-state index in [9.17, 15) is 4.79 Å². The molecule has 0 unspecified atom stereocenters. The highest BCUT2D eigenvalue weighted by molar-refractivity contribution is 5.94. The lowest BCUT2D eigenvalue weighted by Gasteiger charge is -2.18. The van der Waals surface area contributed by atoms with Crippen LogP contribution in [0.5, 0.6) is 5.75 Å². The van der Waals surface area contributed by atoms with Crippen LogP contribution >= 0.6 is 0 Å². The lowest BCUT2D eigenvalue weighted by atomic mass is 10.0. The highest BCUT2D eigenvalue weighted by atomic mass is 16.5. The zero-order valence-corrected chi connectivity index (χ0v) is 13.1.